The zero-order valence-corrected chi connectivity index (χ0v) is 29.8. The summed E-state index contributed by atoms with van der Waals surface area (Å²) in [4.78, 5) is 8.71. The summed E-state index contributed by atoms with van der Waals surface area (Å²) in [5, 5.41) is 19.3. The molecule has 3 aromatic carbocycles. The third-order valence-corrected chi connectivity index (χ3v) is 9.72. The lowest BCUT2D eigenvalue weighted by atomic mass is 9.93. The number of aromatic nitrogens is 1. The lowest BCUT2D eigenvalue weighted by molar-refractivity contribution is 0.184. The molecule has 1 saturated heterocycles. The summed E-state index contributed by atoms with van der Waals surface area (Å²) in [6.45, 7) is 11.6. The van der Waals surface area contributed by atoms with E-state index in [0.717, 1.165) is 57.7 Å². The lowest BCUT2D eigenvalue weighted by Gasteiger charge is -2.27. The highest BCUT2D eigenvalue weighted by Crippen LogP contribution is 2.39. The highest BCUT2D eigenvalue weighted by molar-refractivity contribution is 6.32. The number of benzene rings is 3. The van der Waals surface area contributed by atoms with E-state index in [1.807, 2.05) is 31.0 Å². The zero-order valence-electron chi connectivity index (χ0n) is 29.0. The first kappa shape index (κ1) is 36.2. The molecule has 9 heteroatoms. The minimum Gasteiger partial charge on any atom is -0.493 e. The van der Waals surface area contributed by atoms with Crippen LogP contribution in [-0.4, -0.2) is 66.3 Å². The zero-order chi connectivity index (χ0) is 34.8. The summed E-state index contributed by atoms with van der Waals surface area (Å²) < 4.78 is 19.0. The number of halogens is 1. The van der Waals surface area contributed by atoms with Crippen LogP contribution in [0.15, 0.2) is 67.0 Å². The first-order chi connectivity index (χ1) is 23.8. The highest BCUT2D eigenvalue weighted by Gasteiger charge is 2.21. The molecule has 0 bridgehead atoms. The molecular formula is C40H47ClN4O4. The highest BCUT2D eigenvalue weighted by atomic mass is 35.5. The van der Waals surface area contributed by atoms with Crippen molar-refractivity contribution in [3.05, 3.63) is 105 Å². The Morgan fingerprint density at radius 3 is 2.43 bits per heavy atom. The van der Waals surface area contributed by atoms with E-state index in [0.29, 0.717) is 41.8 Å². The van der Waals surface area contributed by atoms with Crippen LogP contribution in [0.25, 0.3) is 11.1 Å². The average Bonchev–Trinajstić information content (AvgIpc) is 3.64. The van der Waals surface area contributed by atoms with Gasteiger partial charge in [-0.3, -0.25) is 9.88 Å². The van der Waals surface area contributed by atoms with E-state index in [1.54, 1.807) is 12.3 Å². The smallest absolute Gasteiger partial charge is 0.142 e. The van der Waals surface area contributed by atoms with Gasteiger partial charge in [0, 0.05) is 48.7 Å². The van der Waals surface area contributed by atoms with Crippen molar-refractivity contribution in [3.8, 4) is 34.4 Å². The maximum absolute atomic E-state index is 9.54. The Bertz CT molecular complexity index is 1750. The third kappa shape index (κ3) is 9.31. The molecule has 1 aliphatic rings. The molecule has 1 N–H and O–H groups in total. The van der Waals surface area contributed by atoms with E-state index in [2.05, 4.69) is 66.2 Å². The van der Waals surface area contributed by atoms with Gasteiger partial charge in [0.25, 0.3) is 0 Å². The second-order valence-corrected chi connectivity index (χ2v) is 13.1. The van der Waals surface area contributed by atoms with E-state index >= 15 is 0 Å². The van der Waals surface area contributed by atoms with Crippen molar-refractivity contribution in [1.29, 1.82) is 5.26 Å². The van der Waals surface area contributed by atoms with Crippen LogP contribution in [0.3, 0.4) is 0 Å². The first-order valence-corrected chi connectivity index (χ1v) is 17.4. The van der Waals surface area contributed by atoms with Crippen molar-refractivity contribution in [2.45, 2.75) is 59.3 Å². The van der Waals surface area contributed by atoms with Gasteiger partial charge in [0.2, 0.25) is 0 Å². The minimum atomic E-state index is -0.0933. The van der Waals surface area contributed by atoms with Crippen LogP contribution in [0.4, 0.5) is 0 Å². The molecule has 0 amide bonds. The van der Waals surface area contributed by atoms with Crippen molar-refractivity contribution >= 4 is 11.6 Å². The van der Waals surface area contributed by atoms with Gasteiger partial charge in [-0.1, -0.05) is 41.9 Å². The van der Waals surface area contributed by atoms with Crippen molar-refractivity contribution < 1.29 is 19.3 Å². The number of nitriles is 1. The van der Waals surface area contributed by atoms with Crippen LogP contribution in [0.5, 0.6) is 17.2 Å². The number of aliphatic hydroxyl groups is 1. The summed E-state index contributed by atoms with van der Waals surface area (Å²) in [6.07, 6.45) is 6.85. The standard InChI is InChI=1S/C40H47ClN4O4/c1-28-33(10-7-11-34(28)35-12-8-13-38(29(35)2)47-19-9-16-45-14-5-6-15-45)27-49-40-22-39(48-26-32-20-31(23-42)24-43-25-32)36(21-37(40)41)30(3)44(4)17-18-46/h7-8,10-13,20-22,24-25,30,46H,5-6,9,14-19,26-27H2,1-4H3. The minimum absolute atomic E-state index is 0.0344. The molecule has 1 fully saturated rings. The molecule has 0 saturated carbocycles. The van der Waals surface area contributed by atoms with E-state index in [9.17, 15) is 10.4 Å². The lowest BCUT2D eigenvalue weighted by Crippen LogP contribution is -2.26. The van der Waals surface area contributed by atoms with Gasteiger partial charge in [-0.2, -0.15) is 5.26 Å². The molecule has 1 aromatic heterocycles. The summed E-state index contributed by atoms with van der Waals surface area (Å²) in [7, 11) is 1.94. The van der Waals surface area contributed by atoms with E-state index in [-0.39, 0.29) is 19.3 Å². The average molecular weight is 683 g/mol. The Morgan fingerprint density at radius 2 is 1.67 bits per heavy atom. The fraction of sp³-hybridized carbons (Fsp3) is 0.400. The van der Waals surface area contributed by atoms with E-state index in [1.165, 1.54) is 32.1 Å². The second kappa shape index (κ2) is 17.5. The molecule has 258 valence electrons. The quantitative estimate of drug-likeness (QED) is 0.119. The number of hydrogen-bond donors (Lipinski definition) is 1. The predicted molar refractivity (Wildman–Crippen MR) is 194 cm³/mol. The van der Waals surface area contributed by atoms with Crippen molar-refractivity contribution in [2.75, 3.05) is 46.4 Å². The molecule has 8 nitrogen and oxygen atoms in total. The molecule has 49 heavy (non-hydrogen) atoms. The number of aliphatic hydroxyl groups excluding tert-OH is 1. The SMILES string of the molecule is Cc1c(COc2cc(OCc3cncc(C#N)c3)c(C(C)N(C)CCO)cc2Cl)cccc1-c1cccc(OCCCN2CCCC2)c1C. The van der Waals surface area contributed by atoms with Crippen molar-refractivity contribution in [2.24, 2.45) is 0 Å². The molecule has 0 aliphatic carbocycles. The van der Waals surface area contributed by atoms with Gasteiger partial charge in [-0.15, -0.1) is 0 Å². The Balaban J connectivity index is 1.33. The second-order valence-electron chi connectivity index (χ2n) is 12.7. The molecule has 2 heterocycles. The number of pyridine rings is 1. The summed E-state index contributed by atoms with van der Waals surface area (Å²) in [5.74, 6) is 2.04. The maximum Gasteiger partial charge on any atom is 0.142 e. The van der Waals surface area contributed by atoms with Gasteiger partial charge in [-0.25, -0.2) is 0 Å². The fourth-order valence-electron chi connectivity index (χ4n) is 6.32. The number of likely N-dealkylation sites (tertiary alicyclic amines) is 1. The molecular weight excluding hydrogens is 636 g/mol. The number of likely N-dealkylation sites (N-methyl/N-ethyl adjacent to an activating group) is 1. The number of rotatable bonds is 16. The summed E-state index contributed by atoms with van der Waals surface area (Å²) >= 11 is 6.83. The van der Waals surface area contributed by atoms with Gasteiger partial charge in [0.05, 0.1) is 23.8 Å². The molecule has 0 spiro atoms. The molecule has 0 radical (unpaired) electrons. The summed E-state index contributed by atoms with van der Waals surface area (Å²) in [6, 6.07) is 20.0. The molecule has 1 atom stereocenters. The van der Waals surface area contributed by atoms with Crippen LogP contribution in [0.1, 0.15) is 65.6 Å². The monoisotopic (exact) mass is 682 g/mol. The van der Waals surface area contributed by atoms with Gasteiger partial charge >= 0.3 is 0 Å². The van der Waals surface area contributed by atoms with Gasteiger partial charge in [0.1, 0.15) is 36.5 Å². The van der Waals surface area contributed by atoms with Gasteiger partial charge < -0.3 is 24.2 Å². The normalized spacial score (nSPS) is 13.8. The number of ether oxygens (including phenoxy) is 3. The van der Waals surface area contributed by atoms with Crippen LogP contribution in [0, 0.1) is 25.2 Å². The van der Waals surface area contributed by atoms with Crippen LogP contribution in [-0.2, 0) is 13.2 Å². The van der Waals surface area contributed by atoms with Gasteiger partial charge in [0.15, 0.2) is 0 Å². The molecule has 1 aliphatic heterocycles. The summed E-state index contributed by atoms with van der Waals surface area (Å²) in [5.41, 5.74) is 7.70. The van der Waals surface area contributed by atoms with Crippen molar-refractivity contribution in [3.63, 3.8) is 0 Å². The molecule has 4 aromatic rings. The van der Waals surface area contributed by atoms with E-state index < -0.39 is 0 Å². The third-order valence-electron chi connectivity index (χ3n) is 9.42. The van der Waals surface area contributed by atoms with E-state index in [4.69, 9.17) is 25.8 Å². The molecule has 1 unspecified atom stereocenters. The fourth-order valence-corrected chi connectivity index (χ4v) is 6.54. The largest absolute Gasteiger partial charge is 0.493 e. The van der Waals surface area contributed by atoms with Crippen LogP contribution < -0.4 is 14.2 Å². The Labute approximate surface area is 295 Å². The topological polar surface area (TPSA) is 91.1 Å². The van der Waals surface area contributed by atoms with Crippen LogP contribution in [0.2, 0.25) is 5.02 Å². The maximum atomic E-state index is 9.54. The Hall–Kier alpha value is -4.13. The molecule has 5 rings (SSSR count). The Kier molecular flexibility index (Phi) is 12.9. The number of nitrogens with zero attached hydrogens (tertiary/aromatic N) is 4. The van der Waals surface area contributed by atoms with Gasteiger partial charge in [-0.05, 0) is 106 Å². The predicted octanol–water partition coefficient (Wildman–Crippen LogP) is 7.90. The van der Waals surface area contributed by atoms with Crippen LogP contribution >= 0.6 is 11.6 Å². The first-order valence-electron chi connectivity index (χ1n) is 17.1. The number of hydrogen-bond acceptors (Lipinski definition) is 8. The Morgan fingerprint density at radius 1 is 0.939 bits per heavy atom. The van der Waals surface area contributed by atoms with Crippen molar-refractivity contribution in [1.82, 2.24) is 14.8 Å².